The lowest BCUT2D eigenvalue weighted by Gasteiger charge is -2.37. The van der Waals surface area contributed by atoms with Crippen LogP contribution in [0.25, 0.3) is 0 Å². The van der Waals surface area contributed by atoms with Gasteiger partial charge in [-0.05, 0) is 37.8 Å². The Kier molecular flexibility index (Phi) is 9.81. The van der Waals surface area contributed by atoms with Gasteiger partial charge in [0.25, 0.3) is 5.91 Å². The van der Waals surface area contributed by atoms with Crippen LogP contribution in [0.5, 0.6) is 0 Å². The third-order valence-corrected chi connectivity index (χ3v) is 5.40. The van der Waals surface area contributed by atoms with E-state index in [1.807, 2.05) is 29.2 Å². The van der Waals surface area contributed by atoms with Crippen molar-refractivity contribution in [3.8, 4) is 0 Å². The van der Waals surface area contributed by atoms with E-state index >= 15 is 0 Å². The molecule has 1 atom stereocenters. The molecule has 6 nitrogen and oxygen atoms in total. The molecule has 0 saturated carbocycles. The van der Waals surface area contributed by atoms with Crippen molar-refractivity contribution in [3.63, 3.8) is 0 Å². The SMILES string of the molecule is CCNC(=NCCc1ccccc1Cl)N1CCN(C(=O)C2CCCO2)CC1.I. The van der Waals surface area contributed by atoms with Gasteiger partial charge in [-0.3, -0.25) is 9.79 Å². The molecule has 1 amide bonds. The lowest BCUT2D eigenvalue weighted by atomic mass is 10.1. The Labute approximate surface area is 189 Å². The summed E-state index contributed by atoms with van der Waals surface area (Å²) >= 11 is 6.23. The molecule has 28 heavy (non-hydrogen) atoms. The molecule has 156 valence electrons. The zero-order valence-electron chi connectivity index (χ0n) is 16.4. The van der Waals surface area contributed by atoms with Crippen LogP contribution < -0.4 is 5.32 Å². The van der Waals surface area contributed by atoms with E-state index in [9.17, 15) is 4.79 Å². The van der Waals surface area contributed by atoms with Gasteiger partial charge in [0.15, 0.2) is 5.96 Å². The van der Waals surface area contributed by atoms with E-state index < -0.39 is 0 Å². The Morgan fingerprint density at radius 1 is 1.25 bits per heavy atom. The van der Waals surface area contributed by atoms with Gasteiger partial charge in [-0.2, -0.15) is 0 Å². The number of hydrogen-bond acceptors (Lipinski definition) is 3. The van der Waals surface area contributed by atoms with E-state index in [0.29, 0.717) is 26.2 Å². The van der Waals surface area contributed by atoms with Crippen molar-refractivity contribution in [2.45, 2.75) is 32.3 Å². The van der Waals surface area contributed by atoms with Crippen molar-refractivity contribution in [3.05, 3.63) is 34.9 Å². The van der Waals surface area contributed by atoms with Crippen LogP contribution >= 0.6 is 35.6 Å². The van der Waals surface area contributed by atoms with E-state index in [0.717, 1.165) is 55.4 Å². The Morgan fingerprint density at radius 3 is 2.61 bits per heavy atom. The molecule has 1 unspecified atom stereocenters. The maximum absolute atomic E-state index is 12.5. The molecule has 2 saturated heterocycles. The molecule has 1 aromatic rings. The van der Waals surface area contributed by atoms with Crippen molar-refractivity contribution in [2.75, 3.05) is 45.9 Å². The summed E-state index contributed by atoms with van der Waals surface area (Å²) in [6, 6.07) is 7.90. The Hall–Kier alpha value is -1.06. The second-order valence-corrected chi connectivity index (χ2v) is 7.30. The van der Waals surface area contributed by atoms with Gasteiger partial charge in [0.2, 0.25) is 0 Å². The van der Waals surface area contributed by atoms with E-state index in [1.165, 1.54) is 0 Å². The fraction of sp³-hybridized carbons (Fsp3) is 0.600. The van der Waals surface area contributed by atoms with Crippen LogP contribution in [-0.2, 0) is 16.0 Å². The number of benzene rings is 1. The lowest BCUT2D eigenvalue weighted by molar-refractivity contribution is -0.142. The predicted molar refractivity (Wildman–Crippen MR) is 124 cm³/mol. The molecule has 2 fully saturated rings. The van der Waals surface area contributed by atoms with Crippen molar-refractivity contribution in [2.24, 2.45) is 4.99 Å². The van der Waals surface area contributed by atoms with Crippen LogP contribution in [-0.4, -0.2) is 73.6 Å². The van der Waals surface area contributed by atoms with Gasteiger partial charge >= 0.3 is 0 Å². The average Bonchev–Trinajstić information content (AvgIpc) is 3.23. The van der Waals surface area contributed by atoms with Gasteiger partial charge < -0.3 is 19.9 Å². The largest absolute Gasteiger partial charge is 0.368 e. The van der Waals surface area contributed by atoms with Crippen LogP contribution in [0.15, 0.2) is 29.3 Å². The molecule has 8 heteroatoms. The predicted octanol–water partition coefficient (Wildman–Crippen LogP) is 2.79. The number of amides is 1. The first-order valence-electron chi connectivity index (χ1n) is 9.86. The van der Waals surface area contributed by atoms with Crippen molar-refractivity contribution in [1.82, 2.24) is 15.1 Å². The monoisotopic (exact) mass is 520 g/mol. The number of hydrogen-bond donors (Lipinski definition) is 1. The van der Waals surface area contributed by atoms with Crippen LogP contribution in [0.2, 0.25) is 5.02 Å². The number of piperazine rings is 1. The minimum absolute atomic E-state index is 0. The Balaban J connectivity index is 0.00000280. The standard InChI is InChI=1S/C20H29ClN4O2.HI/c1-2-22-20(23-10-9-16-6-3-4-7-17(16)21)25-13-11-24(12-14-25)19(26)18-8-5-15-27-18;/h3-4,6-7,18H,2,5,8-15H2,1H3,(H,22,23);1H. The van der Waals surface area contributed by atoms with E-state index in [4.69, 9.17) is 21.3 Å². The number of halogens is 2. The highest BCUT2D eigenvalue weighted by Crippen LogP contribution is 2.17. The zero-order chi connectivity index (χ0) is 19.1. The maximum atomic E-state index is 12.5. The van der Waals surface area contributed by atoms with Crippen molar-refractivity contribution < 1.29 is 9.53 Å². The third-order valence-electron chi connectivity index (χ3n) is 5.03. The Morgan fingerprint density at radius 2 is 1.96 bits per heavy atom. The quantitative estimate of drug-likeness (QED) is 0.369. The first-order chi connectivity index (χ1) is 13.2. The summed E-state index contributed by atoms with van der Waals surface area (Å²) in [7, 11) is 0. The first-order valence-corrected chi connectivity index (χ1v) is 10.2. The molecule has 1 N–H and O–H groups in total. The molecule has 0 spiro atoms. The van der Waals surface area contributed by atoms with Crippen LogP contribution in [0.1, 0.15) is 25.3 Å². The van der Waals surface area contributed by atoms with Gasteiger partial charge in [0.05, 0.1) is 0 Å². The molecule has 2 aliphatic rings. The molecule has 2 aliphatic heterocycles. The average molecular weight is 521 g/mol. The smallest absolute Gasteiger partial charge is 0.251 e. The second-order valence-electron chi connectivity index (χ2n) is 6.89. The molecule has 0 aliphatic carbocycles. The van der Waals surface area contributed by atoms with Gasteiger partial charge in [0.1, 0.15) is 6.10 Å². The summed E-state index contributed by atoms with van der Waals surface area (Å²) in [5.74, 6) is 1.06. The second kappa shape index (κ2) is 11.8. The highest BCUT2D eigenvalue weighted by Gasteiger charge is 2.30. The molecule has 0 aromatic heterocycles. The number of rotatable bonds is 5. The van der Waals surface area contributed by atoms with E-state index in [1.54, 1.807) is 0 Å². The van der Waals surface area contributed by atoms with Crippen LogP contribution in [0.4, 0.5) is 0 Å². The van der Waals surface area contributed by atoms with Gasteiger partial charge in [0, 0.05) is 50.9 Å². The molecule has 0 bridgehead atoms. The van der Waals surface area contributed by atoms with Gasteiger partial charge in [-0.25, -0.2) is 0 Å². The highest BCUT2D eigenvalue weighted by molar-refractivity contribution is 14.0. The number of carbonyl (C=O) groups excluding carboxylic acids is 1. The van der Waals surface area contributed by atoms with Gasteiger partial charge in [-0.15, -0.1) is 24.0 Å². The minimum Gasteiger partial charge on any atom is -0.368 e. The molecule has 1 aromatic carbocycles. The van der Waals surface area contributed by atoms with Crippen LogP contribution in [0.3, 0.4) is 0 Å². The molecular formula is C20H30ClIN4O2. The number of aliphatic imine (C=N–C) groups is 1. The fourth-order valence-electron chi connectivity index (χ4n) is 3.52. The maximum Gasteiger partial charge on any atom is 0.251 e. The summed E-state index contributed by atoms with van der Waals surface area (Å²) in [5, 5.41) is 4.16. The lowest BCUT2D eigenvalue weighted by Crippen LogP contribution is -2.55. The number of guanidine groups is 1. The third kappa shape index (κ3) is 6.22. The molecule has 2 heterocycles. The van der Waals surface area contributed by atoms with E-state index in [2.05, 4.69) is 17.1 Å². The summed E-state index contributed by atoms with van der Waals surface area (Å²) in [6.45, 7) is 7.29. The number of ether oxygens (including phenoxy) is 1. The summed E-state index contributed by atoms with van der Waals surface area (Å²) in [4.78, 5) is 21.4. The summed E-state index contributed by atoms with van der Waals surface area (Å²) < 4.78 is 5.53. The van der Waals surface area contributed by atoms with Gasteiger partial charge in [-0.1, -0.05) is 29.8 Å². The zero-order valence-corrected chi connectivity index (χ0v) is 19.5. The van der Waals surface area contributed by atoms with Crippen molar-refractivity contribution in [1.29, 1.82) is 0 Å². The number of carbonyl (C=O) groups is 1. The number of nitrogens with one attached hydrogen (secondary N) is 1. The minimum atomic E-state index is -0.228. The molecule has 3 rings (SSSR count). The normalized spacial score (nSPS) is 20.1. The van der Waals surface area contributed by atoms with Crippen LogP contribution in [0, 0.1) is 0 Å². The first kappa shape index (κ1) is 23.2. The molecular weight excluding hydrogens is 491 g/mol. The number of nitrogens with zero attached hydrogens (tertiary/aromatic N) is 3. The van der Waals surface area contributed by atoms with Crippen molar-refractivity contribution >= 4 is 47.4 Å². The fourth-order valence-corrected chi connectivity index (χ4v) is 3.75. The Bertz CT molecular complexity index is 659. The topological polar surface area (TPSA) is 57.2 Å². The van der Waals surface area contributed by atoms with E-state index in [-0.39, 0.29) is 36.0 Å². The highest BCUT2D eigenvalue weighted by atomic mass is 127. The molecule has 0 radical (unpaired) electrons. The summed E-state index contributed by atoms with van der Waals surface area (Å²) in [6.07, 6.45) is 2.42. The summed E-state index contributed by atoms with van der Waals surface area (Å²) in [5.41, 5.74) is 1.12.